The predicted octanol–water partition coefficient (Wildman–Crippen LogP) is 5.77. The average molecular weight is 490 g/mol. The summed E-state index contributed by atoms with van der Waals surface area (Å²) in [4.78, 5) is 34.7. The first kappa shape index (κ1) is 23.7. The fraction of sp³-hybridized carbons (Fsp3) is 0.0667. The van der Waals surface area contributed by atoms with Crippen molar-refractivity contribution < 1.29 is 19.1 Å². The molecule has 0 saturated heterocycles. The number of hydrogen-bond donors (Lipinski definition) is 1. The molecule has 1 N–H and O–H groups in total. The van der Waals surface area contributed by atoms with Gasteiger partial charge in [0.15, 0.2) is 6.61 Å². The van der Waals surface area contributed by atoms with Crippen molar-refractivity contribution in [3.05, 3.63) is 109 Å². The number of hydrogen-bond acceptors (Lipinski definition) is 6. The van der Waals surface area contributed by atoms with E-state index in [9.17, 15) is 9.59 Å². The lowest BCUT2D eigenvalue weighted by atomic mass is 10.0. The first-order valence-electron chi connectivity index (χ1n) is 11.6. The number of fused-ring (bicyclic) bond motifs is 1. The molecule has 37 heavy (non-hydrogen) atoms. The van der Waals surface area contributed by atoms with Gasteiger partial charge in [-0.05, 0) is 42.5 Å². The van der Waals surface area contributed by atoms with Crippen LogP contribution >= 0.6 is 0 Å². The molecule has 0 aliphatic heterocycles. The van der Waals surface area contributed by atoms with Gasteiger partial charge in [0.2, 0.25) is 0 Å². The van der Waals surface area contributed by atoms with Gasteiger partial charge in [0.1, 0.15) is 5.75 Å². The van der Waals surface area contributed by atoms with Gasteiger partial charge < -0.3 is 14.8 Å². The van der Waals surface area contributed by atoms with Crippen LogP contribution in [-0.4, -0.2) is 35.6 Å². The molecule has 7 heteroatoms. The lowest BCUT2D eigenvalue weighted by Crippen LogP contribution is -2.20. The summed E-state index contributed by atoms with van der Waals surface area (Å²) in [5, 5.41) is 2.68. The summed E-state index contributed by atoms with van der Waals surface area (Å²) < 4.78 is 10.3. The van der Waals surface area contributed by atoms with E-state index in [4.69, 9.17) is 19.4 Å². The van der Waals surface area contributed by atoms with Crippen LogP contribution in [0.4, 0.5) is 5.69 Å². The smallest absolute Gasteiger partial charge is 0.338 e. The zero-order chi connectivity index (χ0) is 25.6. The van der Waals surface area contributed by atoms with Gasteiger partial charge in [-0.15, -0.1) is 0 Å². The van der Waals surface area contributed by atoms with E-state index in [0.717, 1.165) is 16.8 Å². The van der Waals surface area contributed by atoms with Gasteiger partial charge in [0.25, 0.3) is 5.91 Å². The molecule has 0 radical (unpaired) electrons. The summed E-state index contributed by atoms with van der Waals surface area (Å²) in [5.74, 6) is -0.393. The van der Waals surface area contributed by atoms with E-state index in [1.165, 1.54) is 0 Å². The number of ether oxygens (including phenoxy) is 2. The highest BCUT2D eigenvalue weighted by Gasteiger charge is 2.16. The van der Waals surface area contributed by atoms with Crippen LogP contribution in [0.1, 0.15) is 10.4 Å². The van der Waals surface area contributed by atoms with E-state index in [1.807, 2.05) is 60.7 Å². The molecule has 5 rings (SSSR count). The van der Waals surface area contributed by atoms with Crippen LogP contribution in [0.15, 0.2) is 103 Å². The number of methoxy groups -OCH3 is 1. The van der Waals surface area contributed by atoms with Crippen LogP contribution in [0, 0.1) is 0 Å². The molecule has 1 amide bonds. The maximum atomic E-state index is 12.7. The van der Waals surface area contributed by atoms with Gasteiger partial charge in [0.05, 0.1) is 35.1 Å². The van der Waals surface area contributed by atoms with Gasteiger partial charge in [-0.25, -0.2) is 14.8 Å². The molecule has 7 nitrogen and oxygen atoms in total. The zero-order valence-corrected chi connectivity index (χ0v) is 20.0. The third kappa shape index (κ3) is 5.46. The Morgan fingerprint density at radius 3 is 1.92 bits per heavy atom. The summed E-state index contributed by atoms with van der Waals surface area (Å²) in [7, 11) is 1.57. The van der Waals surface area contributed by atoms with Gasteiger partial charge in [0, 0.05) is 16.8 Å². The number of nitrogens with zero attached hydrogens (tertiary/aromatic N) is 2. The maximum absolute atomic E-state index is 12.7. The Hall–Kier alpha value is -5.04. The minimum atomic E-state index is -0.623. The normalized spacial score (nSPS) is 10.6. The molecule has 182 valence electrons. The number of amides is 1. The number of anilines is 1. The largest absolute Gasteiger partial charge is 0.497 e. The summed E-state index contributed by atoms with van der Waals surface area (Å²) in [6, 6.07) is 31.5. The molecule has 0 atom stereocenters. The Morgan fingerprint density at radius 1 is 0.730 bits per heavy atom. The molecule has 5 aromatic rings. The van der Waals surface area contributed by atoms with Crippen LogP contribution in [0.2, 0.25) is 0 Å². The average Bonchev–Trinajstić information content (AvgIpc) is 2.96. The molecule has 0 spiro atoms. The van der Waals surface area contributed by atoms with E-state index in [1.54, 1.807) is 49.6 Å². The first-order chi connectivity index (χ1) is 18.1. The molecule has 1 heterocycles. The van der Waals surface area contributed by atoms with Crippen molar-refractivity contribution in [2.75, 3.05) is 19.0 Å². The third-order valence-electron chi connectivity index (χ3n) is 5.70. The number of nitrogens with one attached hydrogen (secondary N) is 1. The molecular weight excluding hydrogens is 466 g/mol. The van der Waals surface area contributed by atoms with Crippen molar-refractivity contribution in [2.45, 2.75) is 0 Å². The molecule has 1 aromatic heterocycles. The van der Waals surface area contributed by atoms with Crippen LogP contribution in [-0.2, 0) is 9.53 Å². The summed E-state index contributed by atoms with van der Waals surface area (Å²) in [5.41, 5.74) is 5.38. The number of carbonyl (C=O) groups is 2. The van der Waals surface area contributed by atoms with E-state index < -0.39 is 18.5 Å². The van der Waals surface area contributed by atoms with Crippen LogP contribution in [0.3, 0.4) is 0 Å². The molecule has 0 bridgehead atoms. The van der Waals surface area contributed by atoms with Gasteiger partial charge >= 0.3 is 5.97 Å². The standard InChI is InChI=1S/C30H23N3O4/c1-36-24-15-13-23(14-16-24)31-27(34)19-37-30(35)22-12-17-25-26(18-22)33-29(21-10-6-3-7-11-21)28(32-25)20-8-4-2-5-9-20/h2-18H,19H2,1H3,(H,31,34). The number of aromatic nitrogens is 2. The molecule has 4 aromatic carbocycles. The molecule has 0 fully saturated rings. The van der Waals surface area contributed by atoms with Crippen LogP contribution in [0.5, 0.6) is 5.75 Å². The van der Waals surface area contributed by atoms with Crippen molar-refractivity contribution in [3.8, 4) is 28.3 Å². The van der Waals surface area contributed by atoms with Crippen molar-refractivity contribution >= 4 is 28.6 Å². The van der Waals surface area contributed by atoms with Gasteiger partial charge in [-0.1, -0.05) is 60.7 Å². The Bertz CT molecular complexity index is 1550. The lowest BCUT2D eigenvalue weighted by Gasteiger charge is -2.11. The van der Waals surface area contributed by atoms with Gasteiger partial charge in [-0.2, -0.15) is 0 Å². The summed E-state index contributed by atoms with van der Waals surface area (Å²) in [6.45, 7) is -0.420. The minimum Gasteiger partial charge on any atom is -0.497 e. The predicted molar refractivity (Wildman–Crippen MR) is 142 cm³/mol. The van der Waals surface area contributed by atoms with E-state index in [2.05, 4.69) is 5.32 Å². The Morgan fingerprint density at radius 2 is 1.32 bits per heavy atom. The van der Waals surface area contributed by atoms with Gasteiger partial charge in [-0.3, -0.25) is 4.79 Å². The number of carbonyl (C=O) groups excluding carboxylic acids is 2. The maximum Gasteiger partial charge on any atom is 0.338 e. The quantitative estimate of drug-likeness (QED) is 0.292. The van der Waals surface area contributed by atoms with Crippen molar-refractivity contribution in [1.82, 2.24) is 9.97 Å². The Labute approximate surface area is 213 Å². The Kier molecular flexibility index (Phi) is 6.85. The monoisotopic (exact) mass is 489 g/mol. The highest BCUT2D eigenvalue weighted by atomic mass is 16.5. The SMILES string of the molecule is COc1ccc(NC(=O)COC(=O)c2ccc3nc(-c4ccccc4)c(-c4ccccc4)nc3c2)cc1. The molecule has 0 saturated carbocycles. The van der Waals surface area contributed by atoms with Crippen molar-refractivity contribution in [1.29, 1.82) is 0 Å². The highest BCUT2D eigenvalue weighted by molar-refractivity contribution is 5.97. The molecule has 0 aliphatic carbocycles. The third-order valence-corrected chi connectivity index (χ3v) is 5.70. The van der Waals surface area contributed by atoms with Crippen molar-refractivity contribution in [2.24, 2.45) is 0 Å². The summed E-state index contributed by atoms with van der Waals surface area (Å²) in [6.07, 6.45) is 0. The van der Waals surface area contributed by atoms with Crippen LogP contribution in [0.25, 0.3) is 33.5 Å². The molecular formula is C30H23N3O4. The second-order valence-corrected chi connectivity index (χ2v) is 8.21. The number of esters is 1. The fourth-order valence-corrected chi connectivity index (χ4v) is 3.86. The first-order valence-corrected chi connectivity index (χ1v) is 11.6. The zero-order valence-electron chi connectivity index (χ0n) is 20.0. The minimum absolute atomic E-state index is 0.283. The second-order valence-electron chi connectivity index (χ2n) is 8.21. The second kappa shape index (κ2) is 10.7. The molecule has 0 unspecified atom stereocenters. The number of rotatable bonds is 7. The van der Waals surface area contributed by atoms with Crippen molar-refractivity contribution in [3.63, 3.8) is 0 Å². The van der Waals surface area contributed by atoms with Crippen LogP contribution < -0.4 is 10.1 Å². The van der Waals surface area contributed by atoms with E-state index >= 15 is 0 Å². The fourth-order valence-electron chi connectivity index (χ4n) is 3.86. The summed E-state index contributed by atoms with van der Waals surface area (Å²) >= 11 is 0. The Balaban J connectivity index is 1.37. The lowest BCUT2D eigenvalue weighted by molar-refractivity contribution is -0.119. The molecule has 0 aliphatic rings. The topological polar surface area (TPSA) is 90.4 Å². The van der Waals surface area contributed by atoms with E-state index in [-0.39, 0.29) is 5.56 Å². The van der Waals surface area contributed by atoms with E-state index in [0.29, 0.717) is 28.2 Å². The number of benzene rings is 4. The highest BCUT2D eigenvalue weighted by Crippen LogP contribution is 2.31.